The van der Waals surface area contributed by atoms with E-state index in [1.807, 2.05) is 0 Å². The Labute approximate surface area is 114 Å². The average Bonchev–Trinajstić information content (AvgIpc) is 2.24. The van der Waals surface area contributed by atoms with Crippen molar-refractivity contribution in [1.82, 2.24) is 4.47 Å². The monoisotopic (exact) mass is 342 g/mol. The Morgan fingerprint density at radius 2 is 2.12 bits per heavy atom. The SMILES string of the molecule is CCN(OC)S(=O)(=O)c1cc(N)cc(Br)c1Cl. The Balaban J connectivity index is 3.43. The van der Waals surface area contributed by atoms with Gasteiger partial charge in [0.15, 0.2) is 0 Å². The third-order valence-corrected chi connectivity index (χ3v) is 5.22. The molecule has 96 valence electrons. The second-order valence-electron chi connectivity index (χ2n) is 3.12. The predicted octanol–water partition coefficient (Wildman–Crippen LogP) is 2.26. The lowest BCUT2D eigenvalue weighted by Crippen LogP contribution is -2.30. The first-order chi connectivity index (χ1) is 7.84. The second kappa shape index (κ2) is 5.53. The normalized spacial score (nSPS) is 12.1. The maximum atomic E-state index is 12.2. The molecule has 17 heavy (non-hydrogen) atoms. The smallest absolute Gasteiger partial charge is 0.266 e. The van der Waals surface area contributed by atoms with Crippen LogP contribution in [0.5, 0.6) is 0 Å². The summed E-state index contributed by atoms with van der Waals surface area (Å²) in [5.74, 6) is 0. The summed E-state index contributed by atoms with van der Waals surface area (Å²) in [6, 6.07) is 2.83. The van der Waals surface area contributed by atoms with Gasteiger partial charge in [-0.25, -0.2) is 8.42 Å². The summed E-state index contributed by atoms with van der Waals surface area (Å²) in [7, 11) is -2.53. The molecule has 0 saturated heterocycles. The highest BCUT2D eigenvalue weighted by Crippen LogP contribution is 2.33. The molecule has 1 rings (SSSR count). The van der Waals surface area contributed by atoms with Crippen LogP contribution in [0.2, 0.25) is 5.02 Å². The number of sulfonamides is 1. The van der Waals surface area contributed by atoms with Gasteiger partial charge >= 0.3 is 0 Å². The minimum Gasteiger partial charge on any atom is -0.399 e. The number of benzene rings is 1. The van der Waals surface area contributed by atoms with Crippen molar-refractivity contribution in [2.24, 2.45) is 0 Å². The van der Waals surface area contributed by atoms with Gasteiger partial charge in [-0.3, -0.25) is 4.84 Å². The van der Waals surface area contributed by atoms with Gasteiger partial charge in [-0.15, -0.1) is 0 Å². The fourth-order valence-corrected chi connectivity index (χ4v) is 3.67. The van der Waals surface area contributed by atoms with Gasteiger partial charge in [-0.2, -0.15) is 0 Å². The van der Waals surface area contributed by atoms with E-state index in [2.05, 4.69) is 15.9 Å². The summed E-state index contributed by atoms with van der Waals surface area (Å²) in [5, 5.41) is 0.0784. The number of rotatable bonds is 4. The first-order valence-electron chi connectivity index (χ1n) is 4.66. The molecule has 0 saturated carbocycles. The van der Waals surface area contributed by atoms with Crippen LogP contribution in [0.15, 0.2) is 21.5 Å². The number of nitrogens with two attached hydrogens (primary N) is 1. The third kappa shape index (κ3) is 2.92. The number of halogens is 2. The van der Waals surface area contributed by atoms with Gasteiger partial charge in [0.1, 0.15) is 4.90 Å². The zero-order valence-electron chi connectivity index (χ0n) is 9.28. The third-order valence-electron chi connectivity index (χ3n) is 2.02. The molecule has 0 aliphatic carbocycles. The lowest BCUT2D eigenvalue weighted by Gasteiger charge is -2.18. The first-order valence-corrected chi connectivity index (χ1v) is 7.27. The fourth-order valence-electron chi connectivity index (χ4n) is 1.28. The van der Waals surface area contributed by atoms with E-state index < -0.39 is 10.0 Å². The van der Waals surface area contributed by atoms with E-state index in [1.54, 1.807) is 6.92 Å². The van der Waals surface area contributed by atoms with Crippen molar-refractivity contribution in [3.05, 3.63) is 21.6 Å². The van der Waals surface area contributed by atoms with Gasteiger partial charge in [-0.05, 0) is 35.0 Å². The maximum absolute atomic E-state index is 12.2. The minimum atomic E-state index is -3.81. The molecule has 0 bridgehead atoms. The molecule has 0 unspecified atom stereocenters. The topological polar surface area (TPSA) is 72.6 Å². The maximum Gasteiger partial charge on any atom is 0.266 e. The molecular formula is C9H12BrClN2O3S. The molecule has 0 amide bonds. The lowest BCUT2D eigenvalue weighted by molar-refractivity contribution is -0.0442. The molecule has 0 radical (unpaired) electrons. The summed E-state index contributed by atoms with van der Waals surface area (Å²) in [4.78, 5) is 4.70. The highest BCUT2D eigenvalue weighted by atomic mass is 79.9. The van der Waals surface area contributed by atoms with E-state index in [0.29, 0.717) is 10.2 Å². The van der Waals surface area contributed by atoms with Crippen molar-refractivity contribution >= 4 is 43.2 Å². The van der Waals surface area contributed by atoms with E-state index in [4.69, 9.17) is 22.2 Å². The van der Waals surface area contributed by atoms with Crippen LogP contribution in [0.1, 0.15) is 6.92 Å². The largest absolute Gasteiger partial charge is 0.399 e. The second-order valence-corrected chi connectivity index (χ2v) is 6.15. The van der Waals surface area contributed by atoms with Crippen LogP contribution in [-0.4, -0.2) is 26.5 Å². The van der Waals surface area contributed by atoms with Crippen LogP contribution >= 0.6 is 27.5 Å². The summed E-state index contributed by atoms with van der Waals surface area (Å²) in [6.07, 6.45) is 0. The Morgan fingerprint density at radius 1 is 1.53 bits per heavy atom. The van der Waals surface area contributed by atoms with Crippen LogP contribution in [0.4, 0.5) is 5.69 Å². The van der Waals surface area contributed by atoms with E-state index in [1.165, 1.54) is 19.2 Å². The number of hydrogen-bond acceptors (Lipinski definition) is 4. The van der Waals surface area contributed by atoms with Crippen molar-refractivity contribution in [3.63, 3.8) is 0 Å². The number of nitrogens with zero attached hydrogens (tertiary/aromatic N) is 1. The number of anilines is 1. The quantitative estimate of drug-likeness (QED) is 0.672. The fraction of sp³-hybridized carbons (Fsp3) is 0.333. The van der Waals surface area contributed by atoms with Crippen molar-refractivity contribution in [2.45, 2.75) is 11.8 Å². The summed E-state index contributed by atoms with van der Waals surface area (Å²) < 4.78 is 25.6. The van der Waals surface area contributed by atoms with Gasteiger partial charge in [0.2, 0.25) is 0 Å². The molecule has 0 heterocycles. The lowest BCUT2D eigenvalue weighted by atomic mass is 10.3. The molecule has 2 N–H and O–H groups in total. The van der Waals surface area contributed by atoms with E-state index >= 15 is 0 Å². The molecule has 0 spiro atoms. The molecule has 0 aromatic heterocycles. The summed E-state index contributed by atoms with van der Waals surface area (Å²) in [5.41, 5.74) is 5.89. The van der Waals surface area contributed by atoms with Crippen molar-refractivity contribution < 1.29 is 13.3 Å². The van der Waals surface area contributed by atoms with E-state index in [-0.39, 0.29) is 16.5 Å². The van der Waals surface area contributed by atoms with Crippen molar-refractivity contribution in [1.29, 1.82) is 0 Å². The number of hydroxylamine groups is 1. The zero-order chi connectivity index (χ0) is 13.2. The van der Waals surface area contributed by atoms with Crippen molar-refractivity contribution in [3.8, 4) is 0 Å². The molecule has 8 heteroatoms. The predicted molar refractivity (Wildman–Crippen MR) is 70.1 cm³/mol. The van der Waals surface area contributed by atoms with Gasteiger partial charge in [0.05, 0.1) is 12.1 Å². The van der Waals surface area contributed by atoms with Crippen LogP contribution < -0.4 is 5.73 Å². The average molecular weight is 344 g/mol. The first kappa shape index (κ1) is 14.7. The molecule has 5 nitrogen and oxygen atoms in total. The molecule has 0 fully saturated rings. The van der Waals surface area contributed by atoms with Gasteiger partial charge < -0.3 is 5.73 Å². The number of nitrogen functional groups attached to an aromatic ring is 1. The minimum absolute atomic E-state index is 0.0784. The van der Waals surface area contributed by atoms with Gasteiger partial charge in [0, 0.05) is 16.7 Å². The van der Waals surface area contributed by atoms with Crippen LogP contribution in [0.25, 0.3) is 0 Å². The van der Waals surface area contributed by atoms with E-state index in [9.17, 15) is 8.42 Å². The molecule has 0 aliphatic rings. The van der Waals surface area contributed by atoms with Crippen LogP contribution in [0, 0.1) is 0 Å². The van der Waals surface area contributed by atoms with Crippen LogP contribution in [-0.2, 0) is 14.9 Å². The highest BCUT2D eigenvalue weighted by molar-refractivity contribution is 9.10. The Morgan fingerprint density at radius 3 is 2.59 bits per heavy atom. The Kier molecular flexibility index (Phi) is 4.79. The van der Waals surface area contributed by atoms with E-state index in [0.717, 1.165) is 4.47 Å². The standard InChI is InChI=1S/C9H12BrClN2O3S/c1-3-13(16-2)17(14,15)8-5-6(12)4-7(10)9(8)11/h4-5H,3,12H2,1-2H3. The van der Waals surface area contributed by atoms with Crippen molar-refractivity contribution in [2.75, 3.05) is 19.4 Å². The van der Waals surface area contributed by atoms with Gasteiger partial charge in [0.25, 0.3) is 10.0 Å². The summed E-state index contributed by atoms with van der Waals surface area (Å²) in [6.45, 7) is 1.82. The molecule has 0 aliphatic heterocycles. The Hall–Kier alpha value is -0.340. The highest BCUT2D eigenvalue weighted by Gasteiger charge is 2.27. The molecule has 1 aromatic rings. The van der Waals surface area contributed by atoms with Gasteiger partial charge in [-0.1, -0.05) is 16.1 Å². The Bertz CT molecular complexity index is 517. The van der Waals surface area contributed by atoms with Crippen LogP contribution in [0.3, 0.4) is 0 Å². The molecule has 1 aromatic carbocycles. The zero-order valence-corrected chi connectivity index (χ0v) is 12.4. The molecular weight excluding hydrogens is 332 g/mol. The number of hydrogen-bond donors (Lipinski definition) is 1. The molecule has 0 atom stereocenters. The summed E-state index contributed by atoms with van der Waals surface area (Å²) >= 11 is 9.09.